The molecule has 18 heavy (non-hydrogen) atoms. The zero-order chi connectivity index (χ0) is 12.8. The highest BCUT2D eigenvalue weighted by Gasteiger charge is 2.07. The Labute approximate surface area is 108 Å². The van der Waals surface area contributed by atoms with Crippen LogP contribution in [-0.4, -0.2) is 25.2 Å². The minimum Gasteiger partial charge on any atom is -0.491 e. The highest BCUT2D eigenvalue weighted by atomic mass is 16.5. The molecule has 0 radical (unpaired) electrons. The van der Waals surface area contributed by atoms with E-state index in [0.717, 1.165) is 37.3 Å². The summed E-state index contributed by atoms with van der Waals surface area (Å²) in [5.74, 6) is 0.889. The third-order valence-corrected chi connectivity index (χ3v) is 2.93. The van der Waals surface area contributed by atoms with E-state index in [1.54, 1.807) is 0 Å². The van der Waals surface area contributed by atoms with Crippen LogP contribution in [0.4, 0.5) is 0 Å². The molecule has 0 aliphatic heterocycles. The van der Waals surface area contributed by atoms with Crippen molar-refractivity contribution in [2.45, 2.75) is 19.8 Å². The smallest absolute Gasteiger partial charge is 0.145 e. The van der Waals surface area contributed by atoms with Crippen molar-refractivity contribution in [2.75, 3.05) is 20.2 Å². The molecule has 0 saturated carbocycles. The van der Waals surface area contributed by atoms with Gasteiger partial charge in [0.15, 0.2) is 0 Å². The molecule has 0 saturated heterocycles. The second-order valence-electron chi connectivity index (χ2n) is 4.32. The molecule has 0 bridgehead atoms. The summed E-state index contributed by atoms with van der Waals surface area (Å²) < 4.78 is 5.75. The minimum absolute atomic E-state index is 0.738. The maximum atomic E-state index is 5.75. The van der Waals surface area contributed by atoms with E-state index in [0.29, 0.717) is 0 Å². The summed E-state index contributed by atoms with van der Waals surface area (Å²) in [6, 6.07) is 8.28. The Morgan fingerprint density at radius 1 is 1.28 bits per heavy atom. The van der Waals surface area contributed by atoms with E-state index in [2.05, 4.69) is 29.4 Å². The van der Waals surface area contributed by atoms with Crippen LogP contribution in [0.1, 0.15) is 18.9 Å². The van der Waals surface area contributed by atoms with Crippen molar-refractivity contribution in [3.05, 3.63) is 36.0 Å². The van der Waals surface area contributed by atoms with Crippen LogP contribution in [0.5, 0.6) is 5.75 Å². The molecular formula is C15H20N2O. The molecule has 3 nitrogen and oxygen atoms in total. The van der Waals surface area contributed by atoms with Gasteiger partial charge < -0.3 is 10.1 Å². The molecule has 0 aliphatic carbocycles. The Kier molecular flexibility index (Phi) is 4.53. The molecule has 1 N–H and O–H groups in total. The molecule has 2 aromatic rings. The van der Waals surface area contributed by atoms with Gasteiger partial charge >= 0.3 is 0 Å². The summed E-state index contributed by atoms with van der Waals surface area (Å²) >= 11 is 0. The van der Waals surface area contributed by atoms with Gasteiger partial charge in [-0.3, -0.25) is 4.98 Å². The summed E-state index contributed by atoms with van der Waals surface area (Å²) in [5.41, 5.74) is 2.29. The lowest BCUT2D eigenvalue weighted by molar-refractivity contribution is 0.320. The molecule has 0 fully saturated rings. The summed E-state index contributed by atoms with van der Waals surface area (Å²) in [5, 5.41) is 4.37. The largest absolute Gasteiger partial charge is 0.491 e. The Morgan fingerprint density at radius 2 is 2.17 bits per heavy atom. The van der Waals surface area contributed by atoms with Gasteiger partial charge in [0.25, 0.3) is 0 Å². The summed E-state index contributed by atoms with van der Waals surface area (Å²) in [6.07, 6.45) is 3.84. The summed E-state index contributed by atoms with van der Waals surface area (Å²) in [6.45, 7) is 3.82. The standard InChI is InChI=1S/C15H20N2O/c1-3-11-18-14-7-6-12(8-10-16-2)13-5-4-9-17-15(13)14/h4-7,9,16H,3,8,10-11H2,1-2H3. The number of hydrogen-bond donors (Lipinski definition) is 1. The molecular weight excluding hydrogens is 224 g/mol. The first kappa shape index (κ1) is 12.8. The molecule has 0 amide bonds. The lowest BCUT2D eigenvalue weighted by Crippen LogP contribution is -2.10. The first-order chi connectivity index (χ1) is 8.86. The van der Waals surface area contributed by atoms with E-state index in [-0.39, 0.29) is 0 Å². The number of fused-ring (bicyclic) bond motifs is 1. The number of benzene rings is 1. The van der Waals surface area contributed by atoms with Crippen LogP contribution in [0.3, 0.4) is 0 Å². The van der Waals surface area contributed by atoms with Gasteiger partial charge in [0.05, 0.1) is 6.61 Å². The van der Waals surface area contributed by atoms with Crippen LogP contribution in [0.2, 0.25) is 0 Å². The molecule has 96 valence electrons. The maximum Gasteiger partial charge on any atom is 0.145 e. The number of hydrogen-bond acceptors (Lipinski definition) is 3. The summed E-state index contributed by atoms with van der Waals surface area (Å²) in [7, 11) is 1.97. The quantitative estimate of drug-likeness (QED) is 0.848. The average Bonchev–Trinajstić information content (AvgIpc) is 2.43. The van der Waals surface area contributed by atoms with Crippen LogP contribution >= 0.6 is 0 Å². The summed E-state index contributed by atoms with van der Waals surface area (Å²) in [4.78, 5) is 4.46. The van der Waals surface area contributed by atoms with Crippen molar-refractivity contribution < 1.29 is 4.74 Å². The number of pyridine rings is 1. The fourth-order valence-electron chi connectivity index (χ4n) is 2.01. The maximum absolute atomic E-state index is 5.75. The molecule has 1 aromatic heterocycles. The zero-order valence-electron chi connectivity index (χ0n) is 11.1. The van der Waals surface area contributed by atoms with Crippen molar-refractivity contribution in [1.29, 1.82) is 0 Å². The topological polar surface area (TPSA) is 34.1 Å². The van der Waals surface area contributed by atoms with Gasteiger partial charge in [-0.1, -0.05) is 19.1 Å². The molecule has 0 atom stereocenters. The van der Waals surface area contributed by atoms with E-state index < -0.39 is 0 Å². The van der Waals surface area contributed by atoms with Gasteiger partial charge in [-0.15, -0.1) is 0 Å². The van der Waals surface area contributed by atoms with Crippen molar-refractivity contribution in [3.63, 3.8) is 0 Å². The van der Waals surface area contributed by atoms with Crippen LogP contribution in [0.15, 0.2) is 30.5 Å². The van der Waals surface area contributed by atoms with Crippen LogP contribution in [-0.2, 0) is 6.42 Å². The van der Waals surface area contributed by atoms with E-state index in [1.165, 1.54) is 10.9 Å². The second kappa shape index (κ2) is 6.36. The number of likely N-dealkylation sites (N-methyl/N-ethyl adjacent to an activating group) is 1. The molecule has 2 rings (SSSR count). The van der Waals surface area contributed by atoms with E-state index in [9.17, 15) is 0 Å². The van der Waals surface area contributed by atoms with E-state index in [4.69, 9.17) is 4.74 Å². The predicted octanol–water partition coefficient (Wildman–Crippen LogP) is 2.79. The second-order valence-corrected chi connectivity index (χ2v) is 4.32. The van der Waals surface area contributed by atoms with Crippen molar-refractivity contribution in [3.8, 4) is 5.75 Å². The minimum atomic E-state index is 0.738. The lowest BCUT2D eigenvalue weighted by atomic mass is 10.0. The van der Waals surface area contributed by atoms with Gasteiger partial charge in [-0.05, 0) is 44.1 Å². The van der Waals surface area contributed by atoms with Gasteiger partial charge in [0.2, 0.25) is 0 Å². The average molecular weight is 244 g/mol. The number of ether oxygens (including phenoxy) is 1. The SMILES string of the molecule is CCCOc1ccc(CCNC)c2cccnc12. The zero-order valence-corrected chi connectivity index (χ0v) is 11.1. The predicted molar refractivity (Wildman–Crippen MR) is 75.2 cm³/mol. The fraction of sp³-hybridized carbons (Fsp3) is 0.400. The fourth-order valence-corrected chi connectivity index (χ4v) is 2.01. The van der Waals surface area contributed by atoms with Crippen molar-refractivity contribution in [1.82, 2.24) is 10.3 Å². The van der Waals surface area contributed by atoms with Crippen molar-refractivity contribution in [2.24, 2.45) is 0 Å². The third kappa shape index (κ3) is 2.79. The first-order valence-corrected chi connectivity index (χ1v) is 6.50. The van der Waals surface area contributed by atoms with Gasteiger partial charge in [-0.2, -0.15) is 0 Å². The van der Waals surface area contributed by atoms with Gasteiger partial charge in [0.1, 0.15) is 11.3 Å². The Hall–Kier alpha value is -1.61. The third-order valence-electron chi connectivity index (χ3n) is 2.93. The monoisotopic (exact) mass is 244 g/mol. The number of nitrogens with one attached hydrogen (secondary N) is 1. The first-order valence-electron chi connectivity index (χ1n) is 6.50. The van der Waals surface area contributed by atoms with Crippen molar-refractivity contribution >= 4 is 10.9 Å². The van der Waals surface area contributed by atoms with Crippen LogP contribution in [0, 0.1) is 0 Å². The Bertz CT molecular complexity index is 464. The van der Waals surface area contributed by atoms with Gasteiger partial charge in [0, 0.05) is 11.6 Å². The normalized spacial score (nSPS) is 10.8. The van der Waals surface area contributed by atoms with E-state index >= 15 is 0 Å². The Balaban J connectivity index is 2.38. The molecule has 0 spiro atoms. The molecule has 1 aromatic carbocycles. The molecule has 0 aliphatic rings. The van der Waals surface area contributed by atoms with E-state index in [1.807, 2.05) is 25.4 Å². The van der Waals surface area contributed by atoms with Gasteiger partial charge in [-0.25, -0.2) is 0 Å². The lowest BCUT2D eigenvalue weighted by Gasteiger charge is -2.11. The highest BCUT2D eigenvalue weighted by molar-refractivity contribution is 5.87. The van der Waals surface area contributed by atoms with Crippen LogP contribution < -0.4 is 10.1 Å². The molecule has 3 heteroatoms. The Morgan fingerprint density at radius 3 is 2.94 bits per heavy atom. The molecule has 0 unspecified atom stereocenters. The number of nitrogens with zero attached hydrogens (tertiary/aromatic N) is 1. The molecule has 1 heterocycles. The highest BCUT2D eigenvalue weighted by Crippen LogP contribution is 2.27. The number of aromatic nitrogens is 1. The van der Waals surface area contributed by atoms with Crippen LogP contribution in [0.25, 0.3) is 10.9 Å². The number of rotatable bonds is 6.